The highest BCUT2D eigenvalue weighted by Crippen LogP contribution is 2.71. The Balaban J connectivity index is 0.835. The van der Waals surface area contributed by atoms with Crippen molar-refractivity contribution in [3.05, 3.63) is 0 Å². The summed E-state index contributed by atoms with van der Waals surface area (Å²) in [5.41, 5.74) is 0.0790. The summed E-state index contributed by atoms with van der Waals surface area (Å²) < 4.78 is 61.3. The van der Waals surface area contributed by atoms with Crippen LogP contribution in [0.5, 0.6) is 0 Å². The lowest BCUT2D eigenvalue weighted by molar-refractivity contribution is -0.386. The standard InChI is InChI=1S/C51H86O22/c1-21(19-65-45-40(61)38(59)36(57)31(17-52)69-45)9-14-51(64-6)22(2)33-30(73-51)16-28-26-8-7-24-15-25(10-12-49(24,4)27(26)11-13-50(28,33)5)68-48-44(72-47-41(62)37(58)34(55)23(3)67-47)42(63)43(32(18-53)70-48)71-46-39(60)35(56)29(54)20-66-46/h21-48,52-63H,7-20H2,1-6H3. The van der Waals surface area contributed by atoms with E-state index in [1.54, 1.807) is 7.11 Å². The van der Waals surface area contributed by atoms with Gasteiger partial charge in [0.1, 0.15) is 85.5 Å². The third-order valence-corrected chi connectivity index (χ3v) is 20.0. The molecule has 5 saturated heterocycles. The zero-order valence-electron chi connectivity index (χ0n) is 43.0. The predicted octanol–water partition coefficient (Wildman–Crippen LogP) is -1.63. The quantitative estimate of drug-likeness (QED) is 0.0819. The zero-order valence-corrected chi connectivity index (χ0v) is 43.0. The Labute approximate surface area is 427 Å². The molecule has 0 aromatic carbocycles. The number of aliphatic hydroxyl groups is 12. The van der Waals surface area contributed by atoms with E-state index in [1.807, 2.05) is 6.92 Å². The Hall–Kier alpha value is -0.880. The predicted molar refractivity (Wildman–Crippen MR) is 249 cm³/mol. The summed E-state index contributed by atoms with van der Waals surface area (Å²) in [6, 6.07) is 0. The van der Waals surface area contributed by atoms with Crippen molar-refractivity contribution in [1.82, 2.24) is 0 Å². The number of rotatable bonds is 15. The molecule has 4 saturated carbocycles. The molecule has 9 aliphatic rings. The van der Waals surface area contributed by atoms with Gasteiger partial charge in [-0.15, -0.1) is 0 Å². The maximum absolute atomic E-state index is 12.0. The lowest BCUT2D eigenvalue weighted by Crippen LogP contribution is -2.66. The van der Waals surface area contributed by atoms with Crippen LogP contribution in [0.3, 0.4) is 0 Å². The highest BCUT2D eigenvalue weighted by atomic mass is 16.8. The van der Waals surface area contributed by atoms with Gasteiger partial charge in [0, 0.05) is 19.4 Å². The van der Waals surface area contributed by atoms with E-state index in [9.17, 15) is 61.3 Å². The van der Waals surface area contributed by atoms with Gasteiger partial charge in [-0.2, -0.15) is 0 Å². The van der Waals surface area contributed by atoms with E-state index in [2.05, 4.69) is 20.8 Å². The first-order valence-corrected chi connectivity index (χ1v) is 27.0. The van der Waals surface area contributed by atoms with Crippen molar-refractivity contribution in [3.8, 4) is 0 Å². The summed E-state index contributed by atoms with van der Waals surface area (Å²) in [4.78, 5) is 0. The molecule has 73 heavy (non-hydrogen) atoms. The van der Waals surface area contributed by atoms with E-state index in [0.717, 1.165) is 38.5 Å². The van der Waals surface area contributed by atoms with Crippen LogP contribution in [0.25, 0.3) is 0 Å². The van der Waals surface area contributed by atoms with E-state index in [-0.39, 0.29) is 48.1 Å². The first-order chi connectivity index (χ1) is 34.6. The monoisotopic (exact) mass is 1050 g/mol. The fourth-order valence-corrected chi connectivity index (χ4v) is 15.6. The average molecular weight is 1050 g/mol. The van der Waals surface area contributed by atoms with Gasteiger partial charge in [-0.25, -0.2) is 0 Å². The van der Waals surface area contributed by atoms with Crippen molar-refractivity contribution in [3.63, 3.8) is 0 Å². The van der Waals surface area contributed by atoms with Crippen LogP contribution >= 0.6 is 0 Å². The minimum Gasteiger partial charge on any atom is -0.394 e. The summed E-state index contributed by atoms with van der Waals surface area (Å²) in [5.74, 6) is 1.45. The largest absolute Gasteiger partial charge is 0.394 e. The van der Waals surface area contributed by atoms with E-state index in [0.29, 0.717) is 55.3 Å². The molecule has 5 aliphatic heterocycles. The minimum absolute atomic E-state index is 0.0119. The van der Waals surface area contributed by atoms with Crippen molar-refractivity contribution in [2.75, 3.05) is 33.5 Å². The maximum Gasteiger partial charge on any atom is 0.187 e. The fraction of sp³-hybridized carbons (Fsp3) is 1.00. The van der Waals surface area contributed by atoms with Gasteiger partial charge in [0.2, 0.25) is 0 Å². The Morgan fingerprint density at radius 3 is 1.99 bits per heavy atom. The highest BCUT2D eigenvalue weighted by Gasteiger charge is 2.69. The van der Waals surface area contributed by atoms with Crippen LogP contribution in [0.4, 0.5) is 0 Å². The molecular weight excluding hydrogens is 965 g/mol. The van der Waals surface area contributed by atoms with E-state index >= 15 is 0 Å². The smallest absolute Gasteiger partial charge is 0.187 e. The molecular formula is C51H86O22. The SMILES string of the molecule is COC1(CCC(C)COC2OC(CO)C(O)C(O)C2O)OC2CC3C4CCC5CC(OC6OC(CO)C(OC7OCC(O)C(O)C7O)C(O)C6OC6OC(C)C(O)C(O)C6O)CCC5(C)C4CCC3(C)C2C1C. The third kappa shape index (κ3) is 10.2. The second kappa shape index (κ2) is 22.3. The lowest BCUT2D eigenvalue weighted by Gasteiger charge is -2.61. The number of methoxy groups -OCH3 is 1. The summed E-state index contributed by atoms with van der Waals surface area (Å²) in [6.45, 7) is 9.37. The van der Waals surface area contributed by atoms with Crippen LogP contribution in [0, 0.1) is 52.3 Å². The number of hydrogen-bond donors (Lipinski definition) is 12. The first kappa shape index (κ1) is 56.8. The molecule has 0 spiro atoms. The van der Waals surface area contributed by atoms with Gasteiger partial charge in [-0.3, -0.25) is 0 Å². The highest BCUT2D eigenvalue weighted by molar-refractivity contribution is 5.15. The Morgan fingerprint density at radius 1 is 0.616 bits per heavy atom. The average Bonchev–Trinajstić information content (AvgIpc) is 3.83. The van der Waals surface area contributed by atoms with Gasteiger partial charge in [0.25, 0.3) is 0 Å². The van der Waals surface area contributed by atoms with Gasteiger partial charge in [0.15, 0.2) is 30.9 Å². The van der Waals surface area contributed by atoms with Crippen LogP contribution in [-0.2, 0) is 47.4 Å². The minimum atomic E-state index is -1.73. The second-order valence-corrected chi connectivity index (χ2v) is 24.0. The molecule has 0 bridgehead atoms. The number of hydrogen-bond acceptors (Lipinski definition) is 22. The van der Waals surface area contributed by atoms with Crippen LogP contribution in [0.15, 0.2) is 0 Å². The van der Waals surface area contributed by atoms with E-state index in [4.69, 9.17) is 47.4 Å². The van der Waals surface area contributed by atoms with Crippen molar-refractivity contribution >= 4 is 0 Å². The summed E-state index contributed by atoms with van der Waals surface area (Å²) in [5, 5.41) is 126. The summed E-state index contributed by atoms with van der Waals surface area (Å²) in [7, 11) is 1.73. The molecule has 0 amide bonds. The Kier molecular flexibility index (Phi) is 17.4. The first-order valence-electron chi connectivity index (χ1n) is 27.0. The molecule has 31 unspecified atom stereocenters. The number of ether oxygens (including phenoxy) is 10. The van der Waals surface area contributed by atoms with Gasteiger partial charge >= 0.3 is 0 Å². The molecule has 9 rings (SSSR count). The molecule has 22 heteroatoms. The normalized spacial score (nSPS) is 55.6. The van der Waals surface area contributed by atoms with Crippen molar-refractivity contribution in [2.45, 2.75) is 234 Å². The number of fused-ring (bicyclic) bond motifs is 7. The summed E-state index contributed by atoms with van der Waals surface area (Å²) >= 11 is 0. The molecule has 12 N–H and O–H groups in total. The third-order valence-electron chi connectivity index (χ3n) is 20.0. The topological polar surface area (TPSA) is 335 Å². The van der Waals surface area contributed by atoms with Gasteiger partial charge in [-0.05, 0) is 111 Å². The van der Waals surface area contributed by atoms with Crippen LogP contribution in [-0.4, -0.2) is 230 Å². The Morgan fingerprint density at radius 2 is 1.27 bits per heavy atom. The fourth-order valence-electron chi connectivity index (χ4n) is 15.6. The molecule has 5 heterocycles. The zero-order chi connectivity index (χ0) is 52.6. The van der Waals surface area contributed by atoms with Gasteiger partial charge < -0.3 is 109 Å². The lowest BCUT2D eigenvalue weighted by atomic mass is 9.44. The summed E-state index contributed by atoms with van der Waals surface area (Å²) in [6.07, 6.45) is -18.9. The second-order valence-electron chi connectivity index (χ2n) is 24.0. The number of aliphatic hydroxyl groups excluding tert-OH is 12. The van der Waals surface area contributed by atoms with E-state index < -0.39 is 136 Å². The molecule has 4 aliphatic carbocycles. The van der Waals surface area contributed by atoms with Gasteiger partial charge in [0.05, 0.1) is 44.7 Å². The van der Waals surface area contributed by atoms with Crippen LogP contribution < -0.4 is 0 Å². The van der Waals surface area contributed by atoms with Crippen molar-refractivity contribution in [1.29, 1.82) is 0 Å². The van der Waals surface area contributed by atoms with E-state index in [1.165, 1.54) is 6.92 Å². The molecule has 22 nitrogen and oxygen atoms in total. The molecule has 9 fully saturated rings. The van der Waals surface area contributed by atoms with Crippen LogP contribution in [0.1, 0.15) is 98.8 Å². The van der Waals surface area contributed by atoms with Crippen molar-refractivity contribution in [2.24, 2.45) is 52.3 Å². The molecule has 422 valence electrons. The van der Waals surface area contributed by atoms with Crippen molar-refractivity contribution < 1.29 is 109 Å². The molecule has 31 atom stereocenters. The molecule has 0 aromatic rings. The Bertz CT molecular complexity index is 1820. The molecule has 0 aromatic heterocycles. The van der Waals surface area contributed by atoms with Crippen LogP contribution in [0.2, 0.25) is 0 Å². The molecule has 0 radical (unpaired) electrons. The van der Waals surface area contributed by atoms with Gasteiger partial charge in [-0.1, -0.05) is 27.7 Å². The maximum atomic E-state index is 12.0.